The van der Waals surface area contributed by atoms with Gasteiger partial charge in [0.05, 0.1) is 16.8 Å². The van der Waals surface area contributed by atoms with Crippen molar-refractivity contribution < 1.29 is 9.59 Å². The topological polar surface area (TPSA) is 93.1 Å². The van der Waals surface area contributed by atoms with Gasteiger partial charge < -0.3 is 5.32 Å². The summed E-state index contributed by atoms with van der Waals surface area (Å²) >= 11 is 8.75. The second-order valence-corrected chi connectivity index (χ2v) is 10.4. The van der Waals surface area contributed by atoms with Gasteiger partial charge in [0, 0.05) is 15.9 Å². The first-order chi connectivity index (χ1) is 15.5. The van der Waals surface area contributed by atoms with Crippen LogP contribution < -0.4 is 16.2 Å². The lowest BCUT2D eigenvalue weighted by Crippen LogP contribution is -2.41. The molecule has 3 amide bonds. The molecule has 1 aromatic carbocycles. The van der Waals surface area contributed by atoms with E-state index in [0.29, 0.717) is 26.1 Å². The summed E-state index contributed by atoms with van der Waals surface area (Å²) in [5.74, 6) is -0.468. The number of aromatic nitrogens is 2. The minimum absolute atomic E-state index is 0.0330. The van der Waals surface area contributed by atoms with Crippen LogP contribution in [0.4, 0.5) is 4.79 Å². The van der Waals surface area contributed by atoms with Crippen LogP contribution in [0.3, 0.4) is 0 Å². The smallest absolute Gasteiger partial charge is 0.321 e. The molecule has 3 aromatic rings. The molecule has 2 aliphatic carbocycles. The zero-order valence-corrected chi connectivity index (χ0v) is 19.5. The van der Waals surface area contributed by atoms with Crippen molar-refractivity contribution in [2.75, 3.05) is 5.75 Å². The molecule has 1 saturated carbocycles. The molecule has 0 radical (unpaired) electrons. The highest BCUT2D eigenvalue weighted by molar-refractivity contribution is 7.99. The van der Waals surface area contributed by atoms with E-state index in [1.807, 2.05) is 0 Å². The zero-order chi connectivity index (χ0) is 22.2. The van der Waals surface area contributed by atoms with Crippen LogP contribution in [-0.2, 0) is 17.6 Å². The summed E-state index contributed by atoms with van der Waals surface area (Å²) in [6, 6.07) is 6.66. The van der Waals surface area contributed by atoms with Crippen molar-refractivity contribution in [3.05, 3.63) is 50.1 Å². The number of thioether (sulfide) groups is 1. The molecular weight excluding hydrogens is 468 g/mol. The number of carbonyl (C=O) groups excluding carboxylic acids is 2. The molecule has 2 heterocycles. The number of urea groups is 1. The van der Waals surface area contributed by atoms with Crippen LogP contribution in [0.1, 0.15) is 36.1 Å². The number of benzene rings is 1. The van der Waals surface area contributed by atoms with Gasteiger partial charge in [-0.25, -0.2) is 9.78 Å². The molecule has 0 bridgehead atoms. The monoisotopic (exact) mass is 488 g/mol. The van der Waals surface area contributed by atoms with Crippen molar-refractivity contribution in [3.63, 3.8) is 0 Å². The maximum absolute atomic E-state index is 13.6. The Labute approximate surface area is 197 Å². The van der Waals surface area contributed by atoms with Gasteiger partial charge in [0.1, 0.15) is 4.83 Å². The van der Waals surface area contributed by atoms with Crippen LogP contribution in [0.25, 0.3) is 15.9 Å². The molecule has 2 aromatic heterocycles. The first kappa shape index (κ1) is 21.5. The quantitative estimate of drug-likeness (QED) is 0.417. The Morgan fingerprint density at radius 2 is 1.94 bits per heavy atom. The van der Waals surface area contributed by atoms with E-state index >= 15 is 0 Å². The van der Waals surface area contributed by atoms with Gasteiger partial charge in [-0.15, -0.1) is 11.3 Å². The lowest BCUT2D eigenvalue weighted by atomic mass is 9.97. The van der Waals surface area contributed by atoms with Crippen molar-refractivity contribution in [2.24, 2.45) is 0 Å². The molecule has 0 atom stereocenters. The predicted octanol–water partition coefficient (Wildman–Crippen LogP) is 4.06. The number of hydrogen-bond acceptors (Lipinski definition) is 6. The average Bonchev–Trinajstić information content (AvgIpc) is 3.49. The van der Waals surface area contributed by atoms with Gasteiger partial charge in [-0.3, -0.25) is 19.5 Å². The number of thiophene rings is 1. The predicted molar refractivity (Wildman–Crippen MR) is 127 cm³/mol. The van der Waals surface area contributed by atoms with Gasteiger partial charge >= 0.3 is 6.03 Å². The van der Waals surface area contributed by atoms with E-state index < -0.39 is 11.9 Å². The summed E-state index contributed by atoms with van der Waals surface area (Å²) in [4.78, 5) is 44.5. The number of imide groups is 1. The summed E-state index contributed by atoms with van der Waals surface area (Å²) in [5.41, 5.74) is 1.62. The fourth-order valence-corrected chi connectivity index (χ4v) is 6.08. The van der Waals surface area contributed by atoms with Crippen LogP contribution in [-0.4, -0.2) is 33.3 Å². The third-order valence-corrected chi connectivity index (χ3v) is 7.92. The average molecular weight is 489 g/mol. The van der Waals surface area contributed by atoms with Crippen molar-refractivity contribution in [1.29, 1.82) is 0 Å². The van der Waals surface area contributed by atoms with Crippen LogP contribution in [0.15, 0.2) is 34.2 Å². The SMILES string of the molecule is O=C(CSc1nc2sc3c(c2c(=O)n1-c1ccc(Cl)cc1)CCCC3)NC(=O)NC1CC1. The molecule has 5 rings (SSSR count). The van der Waals surface area contributed by atoms with Crippen molar-refractivity contribution in [3.8, 4) is 5.69 Å². The first-order valence-electron chi connectivity index (χ1n) is 10.6. The van der Waals surface area contributed by atoms with Crippen LogP contribution in [0, 0.1) is 0 Å². The molecule has 0 unspecified atom stereocenters. The summed E-state index contributed by atoms with van der Waals surface area (Å²) in [6.45, 7) is 0. The molecule has 32 heavy (non-hydrogen) atoms. The zero-order valence-electron chi connectivity index (χ0n) is 17.2. The number of nitrogens with one attached hydrogen (secondary N) is 2. The standard InChI is InChI=1S/C22H21ClN4O3S2/c23-12-5-9-14(10-6-12)27-20(29)18-15-3-1-2-4-16(15)32-19(18)26-22(27)31-11-17(28)25-21(30)24-13-7-8-13/h5-6,9-10,13H,1-4,7-8,11H2,(H2,24,25,28,30). The summed E-state index contributed by atoms with van der Waals surface area (Å²) in [6.07, 6.45) is 5.93. The minimum atomic E-state index is -0.484. The lowest BCUT2D eigenvalue weighted by molar-refractivity contribution is -0.117. The molecule has 0 spiro atoms. The fraction of sp³-hybridized carbons (Fsp3) is 0.364. The van der Waals surface area contributed by atoms with E-state index in [1.54, 1.807) is 40.2 Å². The van der Waals surface area contributed by atoms with Gasteiger partial charge in [0.2, 0.25) is 5.91 Å². The highest BCUT2D eigenvalue weighted by Gasteiger charge is 2.25. The molecule has 166 valence electrons. The van der Waals surface area contributed by atoms with E-state index in [-0.39, 0.29) is 17.4 Å². The van der Waals surface area contributed by atoms with Crippen LogP contribution in [0.5, 0.6) is 0 Å². The Kier molecular flexibility index (Phi) is 5.96. The van der Waals surface area contributed by atoms with E-state index in [2.05, 4.69) is 10.6 Å². The van der Waals surface area contributed by atoms with Gasteiger partial charge in [0.15, 0.2) is 5.16 Å². The number of hydrogen-bond donors (Lipinski definition) is 2. The maximum atomic E-state index is 13.6. The number of carbonyl (C=O) groups is 2. The molecule has 2 N–H and O–H groups in total. The Morgan fingerprint density at radius 1 is 1.19 bits per heavy atom. The Bertz CT molecular complexity index is 1260. The van der Waals surface area contributed by atoms with E-state index in [0.717, 1.165) is 55.9 Å². The highest BCUT2D eigenvalue weighted by Crippen LogP contribution is 2.35. The molecule has 0 saturated heterocycles. The second-order valence-electron chi connectivity index (χ2n) is 7.99. The minimum Gasteiger partial charge on any atom is -0.335 e. The molecule has 10 heteroatoms. The van der Waals surface area contributed by atoms with Crippen LogP contribution >= 0.6 is 34.7 Å². The lowest BCUT2D eigenvalue weighted by Gasteiger charge is -2.13. The number of fused-ring (bicyclic) bond motifs is 3. The molecule has 1 fully saturated rings. The van der Waals surface area contributed by atoms with Gasteiger partial charge in [-0.2, -0.15) is 0 Å². The molecule has 0 aliphatic heterocycles. The summed E-state index contributed by atoms with van der Waals surface area (Å²) in [7, 11) is 0. The Balaban J connectivity index is 1.49. The Hall–Kier alpha value is -2.36. The largest absolute Gasteiger partial charge is 0.335 e. The van der Waals surface area contributed by atoms with Crippen molar-refractivity contribution in [1.82, 2.24) is 20.2 Å². The van der Waals surface area contributed by atoms with Crippen molar-refractivity contribution >= 4 is 56.9 Å². The van der Waals surface area contributed by atoms with Crippen LogP contribution in [0.2, 0.25) is 5.02 Å². The first-order valence-corrected chi connectivity index (χ1v) is 12.7. The number of nitrogens with zero attached hydrogens (tertiary/aromatic N) is 2. The molecule has 7 nitrogen and oxygen atoms in total. The maximum Gasteiger partial charge on any atom is 0.321 e. The Morgan fingerprint density at radius 3 is 2.69 bits per heavy atom. The molecule has 2 aliphatic rings. The fourth-order valence-electron chi connectivity index (χ4n) is 3.84. The number of rotatable bonds is 5. The highest BCUT2D eigenvalue weighted by atomic mass is 35.5. The van der Waals surface area contributed by atoms with E-state index in [1.165, 1.54) is 4.88 Å². The number of aryl methyl sites for hydroxylation is 2. The van der Waals surface area contributed by atoms with Gasteiger partial charge in [-0.1, -0.05) is 23.4 Å². The number of halogens is 1. The summed E-state index contributed by atoms with van der Waals surface area (Å²) < 4.78 is 1.54. The van der Waals surface area contributed by atoms with E-state index in [4.69, 9.17) is 16.6 Å². The third kappa shape index (κ3) is 4.42. The van der Waals surface area contributed by atoms with Gasteiger partial charge in [0.25, 0.3) is 5.56 Å². The third-order valence-electron chi connectivity index (χ3n) is 5.54. The van der Waals surface area contributed by atoms with Crippen molar-refractivity contribution in [2.45, 2.75) is 49.7 Å². The summed E-state index contributed by atoms with van der Waals surface area (Å²) in [5, 5.41) is 6.73. The van der Waals surface area contributed by atoms with Gasteiger partial charge in [-0.05, 0) is 68.4 Å². The second kappa shape index (κ2) is 8.88. The number of amides is 3. The van der Waals surface area contributed by atoms with E-state index in [9.17, 15) is 14.4 Å². The molecular formula is C22H21ClN4O3S2. The normalized spacial score (nSPS) is 15.4.